The molecule has 2 aromatic rings. The van der Waals surface area contributed by atoms with Gasteiger partial charge >= 0.3 is 5.97 Å². The zero-order valence-electron chi connectivity index (χ0n) is 14.7. The van der Waals surface area contributed by atoms with E-state index in [1.54, 1.807) is 19.2 Å². The number of halogens is 1. The van der Waals surface area contributed by atoms with Crippen LogP contribution in [0.1, 0.15) is 39.9 Å². The summed E-state index contributed by atoms with van der Waals surface area (Å²) in [5.41, 5.74) is 3.39. The van der Waals surface area contributed by atoms with Crippen LogP contribution in [-0.4, -0.2) is 20.2 Å². The predicted octanol–water partition coefficient (Wildman–Crippen LogP) is 4.96. The summed E-state index contributed by atoms with van der Waals surface area (Å²) in [5.74, 6) is 0.892. The van der Waals surface area contributed by atoms with Gasteiger partial charge in [0.1, 0.15) is 5.75 Å². The van der Waals surface area contributed by atoms with Crippen molar-refractivity contribution in [2.75, 3.05) is 19.5 Å². The minimum Gasteiger partial charge on any atom is -0.496 e. The monoisotopic (exact) mass is 369 g/mol. The summed E-state index contributed by atoms with van der Waals surface area (Å²) in [6.07, 6.45) is 5.28. The SMILES string of the molecule is COC(=O)c1ccc(Cl)c2c1[C@@H]1C=CC[C@@H]1[C@@H](c1ccccc1OC)N2. The first kappa shape index (κ1) is 17.0. The minimum absolute atomic E-state index is 0.0454. The Labute approximate surface area is 157 Å². The Hall–Kier alpha value is -2.46. The van der Waals surface area contributed by atoms with Gasteiger partial charge < -0.3 is 14.8 Å². The Bertz CT molecular complexity index is 893. The first-order valence-electron chi connectivity index (χ1n) is 8.62. The molecule has 0 saturated heterocycles. The number of nitrogens with one attached hydrogen (secondary N) is 1. The fourth-order valence-corrected chi connectivity index (χ4v) is 4.41. The summed E-state index contributed by atoms with van der Waals surface area (Å²) in [4.78, 5) is 12.3. The molecule has 134 valence electrons. The van der Waals surface area contributed by atoms with Crippen LogP contribution in [0.15, 0.2) is 48.6 Å². The second-order valence-electron chi connectivity index (χ2n) is 6.59. The first-order valence-corrected chi connectivity index (χ1v) is 9.00. The molecule has 1 aliphatic heterocycles. The molecule has 2 aliphatic rings. The van der Waals surface area contributed by atoms with E-state index < -0.39 is 0 Å². The van der Waals surface area contributed by atoms with E-state index in [9.17, 15) is 4.79 Å². The summed E-state index contributed by atoms with van der Waals surface area (Å²) in [6, 6.07) is 11.6. The molecule has 0 amide bonds. The number of ether oxygens (including phenoxy) is 2. The number of carbonyl (C=O) groups is 1. The summed E-state index contributed by atoms with van der Waals surface area (Å²) in [6.45, 7) is 0. The van der Waals surface area contributed by atoms with Crippen molar-refractivity contribution in [2.45, 2.75) is 18.4 Å². The van der Waals surface area contributed by atoms with Crippen LogP contribution in [0.3, 0.4) is 0 Å². The van der Waals surface area contributed by atoms with Gasteiger partial charge in [-0.15, -0.1) is 0 Å². The highest BCUT2D eigenvalue weighted by Crippen LogP contribution is 2.53. The lowest BCUT2D eigenvalue weighted by Crippen LogP contribution is -2.31. The van der Waals surface area contributed by atoms with Gasteiger partial charge in [0.2, 0.25) is 0 Å². The Morgan fingerprint density at radius 2 is 2.00 bits per heavy atom. The van der Waals surface area contributed by atoms with Crippen molar-refractivity contribution in [1.29, 1.82) is 0 Å². The molecule has 2 aromatic carbocycles. The average molecular weight is 370 g/mol. The largest absolute Gasteiger partial charge is 0.496 e. The van der Waals surface area contributed by atoms with E-state index in [1.807, 2.05) is 18.2 Å². The molecule has 0 aromatic heterocycles. The highest BCUT2D eigenvalue weighted by Gasteiger charge is 2.41. The van der Waals surface area contributed by atoms with Gasteiger partial charge in [0.25, 0.3) is 0 Å². The van der Waals surface area contributed by atoms with Crippen molar-refractivity contribution in [3.05, 3.63) is 70.3 Å². The molecule has 1 N–H and O–H groups in total. The summed E-state index contributed by atoms with van der Waals surface area (Å²) < 4.78 is 10.6. The van der Waals surface area contributed by atoms with Crippen LogP contribution in [0.4, 0.5) is 5.69 Å². The number of fused-ring (bicyclic) bond motifs is 3. The van der Waals surface area contributed by atoms with Crippen molar-refractivity contribution in [3.8, 4) is 5.75 Å². The van der Waals surface area contributed by atoms with Gasteiger partial charge in [0.15, 0.2) is 0 Å². The zero-order valence-corrected chi connectivity index (χ0v) is 15.4. The minimum atomic E-state index is -0.338. The molecule has 3 atom stereocenters. The number of allylic oxidation sites excluding steroid dienone is 2. The smallest absolute Gasteiger partial charge is 0.338 e. The van der Waals surface area contributed by atoms with Crippen molar-refractivity contribution in [3.63, 3.8) is 0 Å². The standard InChI is InChI=1S/C21H20ClNO3/c1-25-17-9-4-3-6-14(17)19-13-8-5-7-12(13)18-15(21(24)26-2)10-11-16(22)20(18)23-19/h3-7,9-13,19,23H,8H2,1-2H3/t12-,13+,19+/m1/s1. The van der Waals surface area contributed by atoms with E-state index in [1.165, 1.54) is 7.11 Å². The number of para-hydroxylation sites is 1. The van der Waals surface area contributed by atoms with E-state index in [0.29, 0.717) is 10.6 Å². The van der Waals surface area contributed by atoms with Gasteiger partial charge in [-0.2, -0.15) is 0 Å². The number of methoxy groups -OCH3 is 2. The molecular weight excluding hydrogens is 350 g/mol. The molecule has 0 fully saturated rings. The first-order chi connectivity index (χ1) is 12.7. The third kappa shape index (κ3) is 2.56. The molecule has 4 rings (SSSR count). The van der Waals surface area contributed by atoms with Crippen molar-refractivity contribution < 1.29 is 14.3 Å². The van der Waals surface area contributed by atoms with Crippen LogP contribution in [0.25, 0.3) is 0 Å². The van der Waals surface area contributed by atoms with Crippen LogP contribution in [0.2, 0.25) is 5.02 Å². The summed E-state index contributed by atoms with van der Waals surface area (Å²) in [7, 11) is 3.08. The second kappa shape index (κ2) is 6.69. The normalized spacial score (nSPS) is 23.0. The molecule has 1 aliphatic carbocycles. The molecule has 0 saturated carbocycles. The van der Waals surface area contributed by atoms with Crippen molar-refractivity contribution >= 4 is 23.3 Å². The molecular formula is C21H20ClNO3. The maximum atomic E-state index is 12.3. The third-order valence-electron chi connectivity index (χ3n) is 5.35. The number of hydrogen-bond acceptors (Lipinski definition) is 4. The number of benzene rings is 2. The van der Waals surface area contributed by atoms with Gasteiger partial charge in [0.05, 0.1) is 36.5 Å². The fraction of sp³-hybridized carbons (Fsp3) is 0.286. The Kier molecular flexibility index (Phi) is 4.37. The maximum Gasteiger partial charge on any atom is 0.338 e. The topological polar surface area (TPSA) is 47.6 Å². The molecule has 0 radical (unpaired) electrons. The molecule has 0 unspecified atom stereocenters. The highest BCUT2D eigenvalue weighted by atomic mass is 35.5. The number of esters is 1. The number of hydrogen-bond donors (Lipinski definition) is 1. The number of carbonyl (C=O) groups excluding carboxylic acids is 1. The average Bonchev–Trinajstić information content (AvgIpc) is 3.17. The lowest BCUT2D eigenvalue weighted by atomic mass is 9.75. The maximum absolute atomic E-state index is 12.3. The lowest BCUT2D eigenvalue weighted by molar-refractivity contribution is 0.0598. The Balaban J connectivity index is 1.88. The van der Waals surface area contributed by atoms with Gasteiger partial charge in [-0.1, -0.05) is 42.0 Å². The molecule has 0 spiro atoms. The van der Waals surface area contributed by atoms with Crippen LogP contribution in [0.5, 0.6) is 5.75 Å². The molecule has 0 bridgehead atoms. The van der Waals surface area contributed by atoms with E-state index in [2.05, 4.69) is 23.5 Å². The number of rotatable bonds is 3. The van der Waals surface area contributed by atoms with Crippen LogP contribution < -0.4 is 10.1 Å². The third-order valence-corrected chi connectivity index (χ3v) is 5.66. The van der Waals surface area contributed by atoms with Gasteiger partial charge in [-0.25, -0.2) is 4.79 Å². The van der Waals surface area contributed by atoms with E-state index in [-0.39, 0.29) is 23.8 Å². The second-order valence-corrected chi connectivity index (χ2v) is 7.00. The van der Waals surface area contributed by atoms with E-state index >= 15 is 0 Å². The quantitative estimate of drug-likeness (QED) is 0.613. The lowest BCUT2D eigenvalue weighted by Gasteiger charge is -2.39. The zero-order chi connectivity index (χ0) is 18.3. The highest BCUT2D eigenvalue weighted by molar-refractivity contribution is 6.33. The Morgan fingerprint density at radius 1 is 1.19 bits per heavy atom. The molecule has 5 heteroatoms. The van der Waals surface area contributed by atoms with Crippen LogP contribution in [-0.2, 0) is 4.74 Å². The van der Waals surface area contributed by atoms with Gasteiger partial charge in [0, 0.05) is 11.5 Å². The van der Waals surface area contributed by atoms with Gasteiger partial charge in [-0.05, 0) is 36.1 Å². The van der Waals surface area contributed by atoms with E-state index in [0.717, 1.165) is 29.0 Å². The van der Waals surface area contributed by atoms with Crippen molar-refractivity contribution in [1.82, 2.24) is 0 Å². The summed E-state index contributed by atoms with van der Waals surface area (Å²) >= 11 is 6.51. The molecule has 1 heterocycles. The van der Waals surface area contributed by atoms with Crippen LogP contribution >= 0.6 is 11.6 Å². The Morgan fingerprint density at radius 3 is 2.77 bits per heavy atom. The fourth-order valence-electron chi connectivity index (χ4n) is 4.19. The van der Waals surface area contributed by atoms with Gasteiger partial charge in [-0.3, -0.25) is 0 Å². The predicted molar refractivity (Wildman–Crippen MR) is 102 cm³/mol. The summed E-state index contributed by atoms with van der Waals surface area (Å²) in [5, 5.41) is 4.19. The van der Waals surface area contributed by atoms with Crippen molar-refractivity contribution in [2.24, 2.45) is 5.92 Å². The molecule has 26 heavy (non-hydrogen) atoms. The molecule has 4 nitrogen and oxygen atoms in total. The van der Waals surface area contributed by atoms with Crippen LogP contribution in [0, 0.1) is 5.92 Å². The van der Waals surface area contributed by atoms with E-state index in [4.69, 9.17) is 21.1 Å². The number of anilines is 1.